The molecule has 0 bridgehead atoms. The van der Waals surface area contributed by atoms with Crippen molar-refractivity contribution in [1.29, 1.82) is 0 Å². The molecule has 0 radical (unpaired) electrons. The highest BCUT2D eigenvalue weighted by atomic mass is 35.5. The lowest BCUT2D eigenvalue weighted by atomic mass is 10.1. The second-order valence-corrected chi connectivity index (χ2v) is 4.50. The Bertz CT molecular complexity index is 748. The maximum Gasteiger partial charge on any atom is 0.249 e. The second-order valence-electron chi connectivity index (χ2n) is 4.06. The lowest BCUT2D eigenvalue weighted by molar-refractivity contribution is -0.782. The van der Waals surface area contributed by atoms with Gasteiger partial charge >= 0.3 is 0 Å². The molecule has 0 unspecified atom stereocenters. The molecule has 4 nitrogen and oxygen atoms in total. The summed E-state index contributed by atoms with van der Waals surface area (Å²) in [5, 5.41) is 15.5. The SMILES string of the molecule is [O-][n+]1onc2cc(/C=C/c3ccc(Cl)cc3)ccc21. The van der Waals surface area contributed by atoms with Crippen LogP contribution < -0.4 is 4.90 Å². The minimum absolute atomic E-state index is 0.391. The van der Waals surface area contributed by atoms with Gasteiger partial charge in [-0.1, -0.05) is 42.0 Å². The molecule has 2 aromatic carbocycles. The minimum Gasteiger partial charge on any atom is -0.359 e. The Balaban J connectivity index is 1.90. The molecule has 0 fully saturated rings. The summed E-state index contributed by atoms with van der Waals surface area (Å²) in [7, 11) is 0. The van der Waals surface area contributed by atoms with E-state index in [1.54, 1.807) is 12.1 Å². The standard InChI is InChI=1S/C14H9ClN2O2/c15-12-6-3-10(4-7-12)1-2-11-5-8-14-13(9-11)16-19-17(14)18/h1-9H/b2-1+. The number of hydrogen-bond donors (Lipinski definition) is 0. The van der Waals surface area contributed by atoms with E-state index in [4.69, 9.17) is 11.6 Å². The molecular formula is C14H9ClN2O2. The summed E-state index contributed by atoms with van der Waals surface area (Å²) in [6, 6.07) is 12.8. The van der Waals surface area contributed by atoms with Gasteiger partial charge in [-0.3, -0.25) is 4.63 Å². The van der Waals surface area contributed by atoms with Crippen molar-refractivity contribution in [2.75, 3.05) is 0 Å². The highest BCUT2D eigenvalue weighted by molar-refractivity contribution is 6.30. The Morgan fingerprint density at radius 3 is 2.53 bits per heavy atom. The second kappa shape index (κ2) is 4.74. The molecule has 1 aromatic heterocycles. The molecule has 5 heteroatoms. The molecular weight excluding hydrogens is 264 g/mol. The number of hydrogen-bond acceptors (Lipinski definition) is 3. The van der Waals surface area contributed by atoms with E-state index in [2.05, 4.69) is 9.79 Å². The Labute approximate surface area is 114 Å². The van der Waals surface area contributed by atoms with E-state index in [1.165, 1.54) is 0 Å². The fourth-order valence-electron chi connectivity index (χ4n) is 1.76. The van der Waals surface area contributed by atoms with Crippen LogP contribution in [0.25, 0.3) is 23.2 Å². The molecule has 0 aliphatic heterocycles. The van der Waals surface area contributed by atoms with E-state index in [-0.39, 0.29) is 0 Å². The van der Waals surface area contributed by atoms with Crippen molar-refractivity contribution in [3.8, 4) is 0 Å². The van der Waals surface area contributed by atoms with Gasteiger partial charge in [0.25, 0.3) is 0 Å². The lowest BCUT2D eigenvalue weighted by Gasteiger charge is -1.94. The van der Waals surface area contributed by atoms with Crippen molar-refractivity contribution >= 4 is 34.8 Å². The smallest absolute Gasteiger partial charge is 0.249 e. The first-order chi connectivity index (χ1) is 9.22. The maximum absolute atomic E-state index is 11.2. The van der Waals surface area contributed by atoms with Crippen LogP contribution in [0.4, 0.5) is 0 Å². The van der Waals surface area contributed by atoms with E-state index in [0.29, 0.717) is 21.0 Å². The molecule has 0 amide bonds. The van der Waals surface area contributed by atoms with E-state index in [9.17, 15) is 5.21 Å². The first kappa shape index (κ1) is 11.7. The third-order valence-electron chi connectivity index (χ3n) is 2.75. The summed E-state index contributed by atoms with van der Waals surface area (Å²) >= 11 is 5.82. The molecule has 0 atom stereocenters. The van der Waals surface area contributed by atoms with Crippen LogP contribution in [0.2, 0.25) is 5.02 Å². The zero-order chi connectivity index (χ0) is 13.2. The number of benzene rings is 2. The van der Waals surface area contributed by atoms with Crippen LogP contribution in [0.5, 0.6) is 0 Å². The lowest BCUT2D eigenvalue weighted by Crippen LogP contribution is -2.22. The predicted octanol–water partition coefficient (Wildman–Crippen LogP) is 3.29. The highest BCUT2D eigenvalue weighted by Crippen LogP contribution is 2.15. The van der Waals surface area contributed by atoms with Gasteiger partial charge in [-0.25, -0.2) is 0 Å². The summed E-state index contributed by atoms with van der Waals surface area (Å²) in [5.41, 5.74) is 2.94. The molecule has 1 heterocycles. The summed E-state index contributed by atoms with van der Waals surface area (Å²) in [6.07, 6.45) is 3.90. The summed E-state index contributed by atoms with van der Waals surface area (Å²) in [5.74, 6) is 0. The molecule has 0 spiro atoms. The van der Waals surface area contributed by atoms with Gasteiger partial charge in [-0.2, -0.15) is 0 Å². The number of rotatable bonds is 2. The molecule has 0 N–H and O–H groups in total. The largest absolute Gasteiger partial charge is 0.359 e. The van der Waals surface area contributed by atoms with Crippen LogP contribution in [-0.2, 0) is 0 Å². The third kappa shape index (κ3) is 2.44. The van der Waals surface area contributed by atoms with Crippen molar-refractivity contribution < 1.29 is 9.53 Å². The Morgan fingerprint density at radius 1 is 1.05 bits per heavy atom. The van der Waals surface area contributed by atoms with Crippen LogP contribution in [0.15, 0.2) is 47.1 Å². The van der Waals surface area contributed by atoms with Crippen LogP contribution in [0, 0.1) is 5.21 Å². The molecule has 0 aliphatic carbocycles. The molecule has 19 heavy (non-hydrogen) atoms. The fourth-order valence-corrected chi connectivity index (χ4v) is 1.89. The summed E-state index contributed by atoms with van der Waals surface area (Å²) in [6.45, 7) is 0. The van der Waals surface area contributed by atoms with Crippen LogP contribution in [0.1, 0.15) is 11.1 Å². The number of fused-ring (bicyclic) bond motifs is 1. The van der Waals surface area contributed by atoms with Gasteiger partial charge in [0.15, 0.2) is 0 Å². The summed E-state index contributed by atoms with van der Waals surface area (Å²) < 4.78 is 4.52. The van der Waals surface area contributed by atoms with Crippen molar-refractivity contribution in [3.63, 3.8) is 0 Å². The highest BCUT2D eigenvalue weighted by Gasteiger charge is 2.07. The first-order valence-electron chi connectivity index (χ1n) is 5.65. The molecule has 3 aromatic rings. The van der Waals surface area contributed by atoms with Gasteiger partial charge in [0.1, 0.15) is 0 Å². The molecule has 94 valence electrons. The van der Waals surface area contributed by atoms with Gasteiger partial charge in [-0.05, 0) is 34.2 Å². The summed E-state index contributed by atoms with van der Waals surface area (Å²) in [4.78, 5) is 0.391. The van der Waals surface area contributed by atoms with E-state index in [1.807, 2.05) is 42.5 Å². The third-order valence-corrected chi connectivity index (χ3v) is 3.00. The fraction of sp³-hybridized carbons (Fsp3) is 0. The van der Waals surface area contributed by atoms with Gasteiger partial charge in [0.05, 0.1) is 0 Å². The first-order valence-corrected chi connectivity index (χ1v) is 6.03. The van der Waals surface area contributed by atoms with Crippen molar-refractivity contribution in [1.82, 2.24) is 5.16 Å². The number of aromatic nitrogens is 2. The topological polar surface area (TPSA) is 53.0 Å². The molecule has 3 rings (SSSR count). The molecule has 0 aliphatic rings. The zero-order valence-electron chi connectivity index (χ0n) is 9.79. The van der Waals surface area contributed by atoms with Gasteiger partial charge in [-0.15, -0.1) is 0 Å². The average Bonchev–Trinajstić information content (AvgIpc) is 2.79. The Kier molecular flexibility index (Phi) is 2.93. The Hall–Kier alpha value is -2.33. The van der Waals surface area contributed by atoms with Crippen molar-refractivity contribution in [2.45, 2.75) is 0 Å². The van der Waals surface area contributed by atoms with Gasteiger partial charge < -0.3 is 5.21 Å². The number of nitrogens with zero attached hydrogens (tertiary/aromatic N) is 2. The number of halogens is 1. The van der Waals surface area contributed by atoms with Crippen molar-refractivity contribution in [3.05, 3.63) is 63.8 Å². The van der Waals surface area contributed by atoms with E-state index in [0.717, 1.165) is 11.1 Å². The van der Waals surface area contributed by atoms with Crippen molar-refractivity contribution in [2.24, 2.45) is 0 Å². The van der Waals surface area contributed by atoms with Gasteiger partial charge in [0, 0.05) is 16.2 Å². The predicted molar refractivity (Wildman–Crippen MR) is 73.3 cm³/mol. The maximum atomic E-state index is 11.2. The average molecular weight is 273 g/mol. The Morgan fingerprint density at radius 2 is 1.74 bits per heavy atom. The van der Waals surface area contributed by atoms with Crippen LogP contribution in [0.3, 0.4) is 0 Å². The molecule has 0 saturated carbocycles. The van der Waals surface area contributed by atoms with E-state index >= 15 is 0 Å². The minimum atomic E-state index is 0.391. The zero-order valence-corrected chi connectivity index (χ0v) is 10.5. The van der Waals surface area contributed by atoms with Gasteiger partial charge in [0.2, 0.25) is 11.0 Å². The van der Waals surface area contributed by atoms with Crippen LogP contribution in [-0.4, -0.2) is 5.16 Å². The van der Waals surface area contributed by atoms with E-state index < -0.39 is 0 Å². The quantitative estimate of drug-likeness (QED) is 0.531. The molecule has 0 saturated heterocycles. The normalized spacial score (nSPS) is 11.4. The van der Waals surface area contributed by atoms with Crippen LogP contribution >= 0.6 is 11.6 Å². The monoisotopic (exact) mass is 272 g/mol.